The molecule has 3 aromatic rings. The van der Waals surface area contributed by atoms with Gasteiger partial charge in [0, 0.05) is 50.8 Å². The summed E-state index contributed by atoms with van der Waals surface area (Å²) in [5.41, 5.74) is 2.75. The van der Waals surface area contributed by atoms with Crippen LogP contribution in [0, 0.1) is 12.7 Å². The van der Waals surface area contributed by atoms with Crippen molar-refractivity contribution >= 4 is 5.91 Å². The number of piperazine rings is 1. The lowest BCUT2D eigenvalue weighted by atomic mass is 10.0. The van der Waals surface area contributed by atoms with Gasteiger partial charge in [-0.3, -0.25) is 9.48 Å². The summed E-state index contributed by atoms with van der Waals surface area (Å²) in [6.45, 7) is 4.76. The van der Waals surface area contributed by atoms with E-state index in [0.29, 0.717) is 30.4 Å². The molecule has 0 aliphatic carbocycles. The van der Waals surface area contributed by atoms with Gasteiger partial charge in [-0.2, -0.15) is 18.3 Å². The molecule has 0 unspecified atom stereocenters. The molecule has 2 aromatic carbocycles. The lowest BCUT2D eigenvalue weighted by Crippen LogP contribution is -2.46. The molecule has 0 saturated carbocycles. The second kappa shape index (κ2) is 8.97. The number of nitrogens with zero attached hydrogens (tertiary/aromatic N) is 3. The lowest BCUT2D eigenvalue weighted by molar-refractivity contribution is -0.137. The molecule has 1 amide bonds. The predicted molar refractivity (Wildman–Crippen MR) is 116 cm³/mol. The van der Waals surface area contributed by atoms with Gasteiger partial charge in [-0.15, -0.1) is 0 Å². The average Bonchev–Trinajstić information content (AvgIpc) is 3.12. The van der Waals surface area contributed by atoms with E-state index in [1.165, 1.54) is 0 Å². The van der Waals surface area contributed by atoms with Crippen molar-refractivity contribution < 1.29 is 22.4 Å². The summed E-state index contributed by atoms with van der Waals surface area (Å²) >= 11 is 0. The Balaban J connectivity index is 1.57. The molecule has 33 heavy (non-hydrogen) atoms. The molecule has 0 radical (unpaired) electrons. The number of aryl methyl sites for hydroxylation is 2. The number of carbonyl (C=O) groups is 1. The lowest BCUT2D eigenvalue weighted by Gasteiger charge is -2.28. The Hall–Kier alpha value is -3.20. The van der Waals surface area contributed by atoms with Crippen molar-refractivity contribution in [3.05, 3.63) is 76.2 Å². The first kappa shape index (κ1) is 23.0. The first-order valence-corrected chi connectivity index (χ1v) is 10.6. The van der Waals surface area contributed by atoms with Gasteiger partial charge in [-0.25, -0.2) is 4.39 Å². The monoisotopic (exact) mass is 460 g/mol. The molecule has 1 N–H and O–H groups in total. The number of carbonyl (C=O) groups excluding carboxylic acids is 1. The van der Waals surface area contributed by atoms with Crippen LogP contribution >= 0.6 is 0 Å². The Bertz CT molecular complexity index is 1180. The Morgan fingerprint density at radius 2 is 1.82 bits per heavy atom. The number of hydrogen-bond donors (Lipinski definition) is 1. The van der Waals surface area contributed by atoms with E-state index in [2.05, 4.69) is 10.4 Å². The van der Waals surface area contributed by atoms with Crippen LogP contribution in [0.15, 0.2) is 42.5 Å². The Morgan fingerprint density at radius 3 is 2.48 bits per heavy atom. The normalized spacial score (nSPS) is 14.5. The highest BCUT2D eigenvalue weighted by molar-refractivity contribution is 5.96. The SMILES string of the molecule is Cc1cc(-c2cc(Cc3cc(F)cc(C(F)(F)F)c3)nn2C)ccc1C(=O)N1CCNCC1. The van der Waals surface area contributed by atoms with E-state index in [1.807, 2.05) is 24.0 Å². The third-order valence-electron chi connectivity index (χ3n) is 5.76. The van der Waals surface area contributed by atoms with E-state index in [4.69, 9.17) is 0 Å². The van der Waals surface area contributed by atoms with Crippen molar-refractivity contribution in [2.24, 2.45) is 7.05 Å². The molecule has 1 fully saturated rings. The number of amides is 1. The summed E-state index contributed by atoms with van der Waals surface area (Å²) < 4.78 is 54.4. The van der Waals surface area contributed by atoms with Crippen molar-refractivity contribution in [3.8, 4) is 11.3 Å². The van der Waals surface area contributed by atoms with E-state index in [1.54, 1.807) is 23.9 Å². The van der Waals surface area contributed by atoms with Crippen molar-refractivity contribution in [1.29, 1.82) is 0 Å². The van der Waals surface area contributed by atoms with Gasteiger partial charge in [0.2, 0.25) is 0 Å². The third kappa shape index (κ3) is 5.08. The fourth-order valence-electron chi connectivity index (χ4n) is 4.11. The smallest absolute Gasteiger partial charge is 0.336 e. The van der Waals surface area contributed by atoms with E-state index >= 15 is 0 Å². The number of hydrogen-bond acceptors (Lipinski definition) is 3. The molecule has 1 aliphatic heterocycles. The minimum absolute atomic E-state index is 0.00202. The van der Waals surface area contributed by atoms with Crippen LogP contribution in [0.25, 0.3) is 11.3 Å². The molecule has 1 aliphatic rings. The van der Waals surface area contributed by atoms with Crippen molar-refractivity contribution in [3.63, 3.8) is 0 Å². The predicted octanol–water partition coefficient (Wildman–Crippen LogP) is 4.19. The average molecular weight is 460 g/mol. The maximum atomic E-state index is 13.7. The van der Waals surface area contributed by atoms with E-state index in [9.17, 15) is 22.4 Å². The zero-order chi connectivity index (χ0) is 23.8. The Kier molecular flexibility index (Phi) is 6.25. The van der Waals surface area contributed by atoms with Crippen LogP contribution in [0.1, 0.15) is 32.7 Å². The molecule has 2 heterocycles. The summed E-state index contributed by atoms with van der Waals surface area (Å²) in [5.74, 6) is -0.936. The van der Waals surface area contributed by atoms with Crippen LogP contribution in [-0.4, -0.2) is 46.8 Å². The molecule has 0 spiro atoms. The minimum Gasteiger partial charge on any atom is -0.336 e. The highest BCUT2D eigenvalue weighted by Gasteiger charge is 2.31. The molecule has 1 aromatic heterocycles. The molecular formula is C24H24F4N4O. The van der Waals surface area contributed by atoms with Gasteiger partial charge in [0.1, 0.15) is 5.82 Å². The van der Waals surface area contributed by atoms with Crippen LogP contribution in [0.5, 0.6) is 0 Å². The minimum atomic E-state index is -4.62. The quantitative estimate of drug-likeness (QED) is 0.594. The first-order valence-electron chi connectivity index (χ1n) is 10.6. The van der Waals surface area contributed by atoms with Gasteiger partial charge < -0.3 is 10.2 Å². The summed E-state index contributed by atoms with van der Waals surface area (Å²) in [5, 5.41) is 7.62. The second-order valence-electron chi connectivity index (χ2n) is 8.24. The first-order chi connectivity index (χ1) is 15.6. The summed E-state index contributed by atoms with van der Waals surface area (Å²) in [6.07, 6.45) is -4.55. The fraction of sp³-hybridized carbons (Fsp3) is 0.333. The van der Waals surface area contributed by atoms with Gasteiger partial charge in [-0.1, -0.05) is 6.07 Å². The summed E-state index contributed by atoms with van der Waals surface area (Å²) in [4.78, 5) is 14.7. The van der Waals surface area contributed by atoms with Gasteiger partial charge in [0.05, 0.1) is 17.0 Å². The number of rotatable bonds is 4. The standard InChI is InChI=1S/C24H24F4N4O/c1-15-9-17(3-4-21(15)23(33)32-7-5-29-6-8-32)22-14-20(30-31(22)2)12-16-10-18(24(26,27)28)13-19(25)11-16/h3-4,9-11,13-14,29H,5-8,12H2,1-2H3. The maximum Gasteiger partial charge on any atom is 0.416 e. The number of alkyl halides is 3. The molecular weight excluding hydrogens is 436 g/mol. The number of benzene rings is 2. The van der Waals surface area contributed by atoms with Crippen molar-refractivity contribution in [2.75, 3.05) is 26.2 Å². The van der Waals surface area contributed by atoms with Gasteiger partial charge >= 0.3 is 6.18 Å². The van der Waals surface area contributed by atoms with E-state index in [0.717, 1.165) is 42.0 Å². The van der Waals surface area contributed by atoms with Gasteiger partial charge in [-0.05, 0) is 54.4 Å². The number of aromatic nitrogens is 2. The molecule has 5 nitrogen and oxygen atoms in total. The molecule has 0 atom stereocenters. The van der Waals surface area contributed by atoms with Crippen LogP contribution in [0.3, 0.4) is 0 Å². The number of nitrogens with one attached hydrogen (secondary N) is 1. The molecule has 9 heteroatoms. The van der Waals surface area contributed by atoms with Crippen molar-refractivity contribution in [1.82, 2.24) is 20.0 Å². The highest BCUT2D eigenvalue weighted by atomic mass is 19.4. The van der Waals surface area contributed by atoms with Crippen LogP contribution in [-0.2, 0) is 19.6 Å². The zero-order valence-corrected chi connectivity index (χ0v) is 18.3. The zero-order valence-electron chi connectivity index (χ0n) is 18.3. The topological polar surface area (TPSA) is 50.2 Å². The maximum absolute atomic E-state index is 13.7. The van der Waals surface area contributed by atoms with Crippen molar-refractivity contribution in [2.45, 2.75) is 19.5 Å². The molecule has 0 bridgehead atoms. The van der Waals surface area contributed by atoms with Gasteiger partial charge in [0.15, 0.2) is 0 Å². The van der Waals surface area contributed by atoms with Gasteiger partial charge in [0.25, 0.3) is 5.91 Å². The summed E-state index contributed by atoms with van der Waals surface area (Å²) in [6, 6.07) is 9.82. The van der Waals surface area contributed by atoms with Crippen LogP contribution in [0.4, 0.5) is 17.6 Å². The summed E-state index contributed by atoms with van der Waals surface area (Å²) in [7, 11) is 1.74. The number of halogens is 4. The fourth-order valence-corrected chi connectivity index (χ4v) is 4.11. The third-order valence-corrected chi connectivity index (χ3v) is 5.76. The Labute approximate surface area is 189 Å². The second-order valence-corrected chi connectivity index (χ2v) is 8.24. The Morgan fingerprint density at radius 1 is 1.09 bits per heavy atom. The molecule has 4 rings (SSSR count). The largest absolute Gasteiger partial charge is 0.416 e. The highest BCUT2D eigenvalue weighted by Crippen LogP contribution is 2.31. The van der Waals surface area contributed by atoms with Crippen LogP contribution in [0.2, 0.25) is 0 Å². The molecule has 1 saturated heterocycles. The van der Waals surface area contributed by atoms with E-state index in [-0.39, 0.29) is 17.9 Å². The van der Waals surface area contributed by atoms with Crippen LogP contribution < -0.4 is 5.32 Å². The van der Waals surface area contributed by atoms with E-state index < -0.39 is 17.6 Å². The molecule has 174 valence electrons.